The van der Waals surface area contributed by atoms with Crippen LogP contribution in [0.4, 0.5) is 0 Å². The first-order valence-electron chi connectivity index (χ1n) is 10.8. The van der Waals surface area contributed by atoms with Gasteiger partial charge in [0.05, 0.1) is 0 Å². The molecule has 1 aromatic rings. The van der Waals surface area contributed by atoms with Crippen molar-refractivity contribution >= 4 is 11.9 Å². The Kier molecular flexibility index (Phi) is 7.71. The molecule has 0 spiro atoms. The van der Waals surface area contributed by atoms with Crippen LogP contribution in [0.25, 0.3) is 0 Å². The highest BCUT2D eigenvalue weighted by atomic mass is 16.2. The number of likely N-dealkylation sites (N-methyl/N-ethyl adjacent to an activating group) is 1. The van der Waals surface area contributed by atoms with E-state index in [1.807, 2.05) is 36.2 Å². The van der Waals surface area contributed by atoms with E-state index >= 15 is 0 Å². The van der Waals surface area contributed by atoms with Crippen LogP contribution in [0.2, 0.25) is 0 Å². The van der Waals surface area contributed by atoms with Crippen molar-refractivity contribution in [3.05, 3.63) is 35.4 Å². The zero-order valence-corrected chi connectivity index (χ0v) is 17.4. The molecule has 2 fully saturated rings. The smallest absolute Gasteiger partial charge is 0.253 e. The summed E-state index contributed by atoms with van der Waals surface area (Å²) in [6, 6.07) is 8.56. The zero-order valence-electron chi connectivity index (χ0n) is 17.4. The normalized spacial score (nSPS) is 21.0. The zero-order chi connectivity index (χ0) is 19.8. The Morgan fingerprint density at radius 1 is 1.07 bits per heavy atom. The van der Waals surface area contributed by atoms with Crippen LogP contribution in [0.15, 0.2) is 29.3 Å². The van der Waals surface area contributed by atoms with Crippen molar-refractivity contribution in [1.29, 1.82) is 0 Å². The second kappa shape index (κ2) is 10.5. The fourth-order valence-corrected chi connectivity index (χ4v) is 4.21. The molecule has 0 radical (unpaired) electrons. The van der Waals surface area contributed by atoms with E-state index in [9.17, 15) is 4.79 Å². The summed E-state index contributed by atoms with van der Waals surface area (Å²) >= 11 is 0. The molecule has 154 valence electrons. The number of rotatable bonds is 6. The lowest BCUT2D eigenvalue weighted by molar-refractivity contribution is 0.0724. The molecular weight excluding hydrogens is 350 g/mol. The highest BCUT2D eigenvalue weighted by molar-refractivity contribution is 5.94. The van der Waals surface area contributed by atoms with E-state index in [1.54, 1.807) is 0 Å². The monoisotopic (exact) mass is 385 g/mol. The standard InChI is InChI=1S/C22H35N5O/c1-3-26-15-7-8-20(26)17-25-22(23-2)24-16-18-9-11-19(12-10-18)21(28)27-13-5-4-6-14-27/h9-12,20H,3-8,13-17H2,1-2H3,(H2,23,24,25). The van der Waals surface area contributed by atoms with Gasteiger partial charge in [0, 0.05) is 44.8 Å². The molecule has 6 nitrogen and oxygen atoms in total. The Morgan fingerprint density at radius 2 is 1.82 bits per heavy atom. The summed E-state index contributed by atoms with van der Waals surface area (Å²) in [6.45, 7) is 7.95. The number of nitrogens with zero attached hydrogens (tertiary/aromatic N) is 3. The van der Waals surface area contributed by atoms with Crippen LogP contribution in [0, 0.1) is 0 Å². The number of guanidine groups is 1. The Bertz CT molecular complexity index is 651. The number of piperidine rings is 1. The van der Waals surface area contributed by atoms with Gasteiger partial charge in [-0.2, -0.15) is 0 Å². The predicted octanol–water partition coefficient (Wildman–Crippen LogP) is 2.46. The van der Waals surface area contributed by atoms with Gasteiger partial charge < -0.3 is 15.5 Å². The molecule has 0 saturated carbocycles. The van der Waals surface area contributed by atoms with Gasteiger partial charge >= 0.3 is 0 Å². The van der Waals surface area contributed by atoms with Crippen LogP contribution in [0.5, 0.6) is 0 Å². The molecule has 2 N–H and O–H groups in total. The first-order chi connectivity index (χ1) is 13.7. The third kappa shape index (κ3) is 5.47. The van der Waals surface area contributed by atoms with E-state index in [0.29, 0.717) is 12.6 Å². The summed E-state index contributed by atoms with van der Waals surface area (Å²) in [5.41, 5.74) is 1.93. The summed E-state index contributed by atoms with van der Waals surface area (Å²) in [7, 11) is 1.81. The van der Waals surface area contributed by atoms with Crippen LogP contribution in [-0.2, 0) is 6.54 Å². The lowest BCUT2D eigenvalue weighted by Gasteiger charge is -2.26. The van der Waals surface area contributed by atoms with Crippen LogP contribution < -0.4 is 10.6 Å². The minimum absolute atomic E-state index is 0.161. The number of likely N-dealkylation sites (tertiary alicyclic amines) is 2. The number of carbonyl (C=O) groups excluding carboxylic acids is 1. The molecule has 1 unspecified atom stereocenters. The molecule has 2 aliphatic rings. The third-order valence-corrected chi connectivity index (χ3v) is 5.94. The van der Waals surface area contributed by atoms with Crippen LogP contribution >= 0.6 is 0 Å². The topological polar surface area (TPSA) is 60.0 Å². The number of carbonyl (C=O) groups is 1. The average molecular weight is 386 g/mol. The van der Waals surface area contributed by atoms with Gasteiger partial charge in [-0.25, -0.2) is 0 Å². The molecule has 0 bridgehead atoms. The lowest BCUT2D eigenvalue weighted by Crippen LogP contribution is -2.44. The highest BCUT2D eigenvalue weighted by Crippen LogP contribution is 2.16. The summed E-state index contributed by atoms with van der Waals surface area (Å²) in [5.74, 6) is 0.991. The molecule has 6 heteroatoms. The van der Waals surface area contributed by atoms with Gasteiger partial charge in [-0.05, 0) is 62.9 Å². The van der Waals surface area contributed by atoms with Gasteiger partial charge in [-0.15, -0.1) is 0 Å². The minimum Gasteiger partial charge on any atom is -0.355 e. The van der Waals surface area contributed by atoms with Crippen molar-refractivity contribution in [3.8, 4) is 0 Å². The highest BCUT2D eigenvalue weighted by Gasteiger charge is 2.22. The first kappa shape index (κ1) is 20.6. The molecule has 1 amide bonds. The maximum atomic E-state index is 12.6. The second-order valence-electron chi connectivity index (χ2n) is 7.78. The van der Waals surface area contributed by atoms with Gasteiger partial charge in [0.15, 0.2) is 5.96 Å². The SMILES string of the molecule is CCN1CCCC1CNC(=NC)NCc1ccc(C(=O)N2CCCCC2)cc1. The van der Waals surface area contributed by atoms with Crippen molar-refractivity contribution in [2.45, 2.75) is 51.6 Å². The van der Waals surface area contributed by atoms with E-state index in [-0.39, 0.29) is 5.91 Å². The van der Waals surface area contributed by atoms with E-state index in [0.717, 1.165) is 56.1 Å². The molecule has 1 atom stereocenters. The Labute approximate surface area is 169 Å². The molecule has 1 aromatic carbocycles. The van der Waals surface area contributed by atoms with Gasteiger partial charge in [-0.3, -0.25) is 14.7 Å². The van der Waals surface area contributed by atoms with E-state index in [4.69, 9.17) is 0 Å². The van der Waals surface area contributed by atoms with Gasteiger partial charge in [-0.1, -0.05) is 19.1 Å². The number of hydrogen-bond donors (Lipinski definition) is 2. The van der Waals surface area contributed by atoms with Crippen LogP contribution in [0.1, 0.15) is 54.9 Å². The largest absolute Gasteiger partial charge is 0.355 e. The van der Waals surface area contributed by atoms with E-state index in [2.05, 4.69) is 27.4 Å². The Balaban J connectivity index is 1.46. The van der Waals surface area contributed by atoms with Crippen molar-refractivity contribution in [3.63, 3.8) is 0 Å². The number of hydrogen-bond acceptors (Lipinski definition) is 3. The maximum Gasteiger partial charge on any atom is 0.253 e. The number of benzene rings is 1. The quantitative estimate of drug-likeness (QED) is 0.583. The van der Waals surface area contributed by atoms with Crippen molar-refractivity contribution < 1.29 is 4.79 Å². The summed E-state index contributed by atoms with van der Waals surface area (Å²) in [5, 5.41) is 6.83. The lowest BCUT2D eigenvalue weighted by atomic mass is 10.1. The molecular formula is C22H35N5O. The molecule has 28 heavy (non-hydrogen) atoms. The fraction of sp³-hybridized carbons (Fsp3) is 0.636. The number of aliphatic imine (C=N–C) groups is 1. The predicted molar refractivity (Wildman–Crippen MR) is 115 cm³/mol. The van der Waals surface area contributed by atoms with Crippen molar-refractivity contribution in [2.24, 2.45) is 4.99 Å². The van der Waals surface area contributed by atoms with Gasteiger partial charge in [0.1, 0.15) is 0 Å². The third-order valence-electron chi connectivity index (χ3n) is 5.94. The molecule has 0 aromatic heterocycles. The van der Waals surface area contributed by atoms with Gasteiger partial charge in [0.25, 0.3) is 5.91 Å². The van der Waals surface area contributed by atoms with Crippen LogP contribution in [-0.4, -0.2) is 67.5 Å². The molecule has 2 aliphatic heterocycles. The average Bonchev–Trinajstić information content (AvgIpc) is 3.22. The van der Waals surface area contributed by atoms with Crippen molar-refractivity contribution in [1.82, 2.24) is 20.4 Å². The number of nitrogens with one attached hydrogen (secondary N) is 2. The van der Waals surface area contributed by atoms with Crippen LogP contribution in [0.3, 0.4) is 0 Å². The molecule has 2 heterocycles. The first-order valence-corrected chi connectivity index (χ1v) is 10.8. The fourth-order valence-electron chi connectivity index (χ4n) is 4.21. The van der Waals surface area contributed by atoms with Crippen molar-refractivity contribution in [2.75, 3.05) is 39.8 Å². The molecule has 3 rings (SSSR count). The summed E-state index contributed by atoms with van der Waals surface area (Å²) in [6.07, 6.45) is 6.02. The molecule has 2 saturated heterocycles. The van der Waals surface area contributed by atoms with E-state index in [1.165, 1.54) is 25.8 Å². The molecule has 0 aliphatic carbocycles. The minimum atomic E-state index is 0.161. The van der Waals surface area contributed by atoms with Gasteiger partial charge in [0.2, 0.25) is 0 Å². The Morgan fingerprint density at radius 3 is 2.50 bits per heavy atom. The Hall–Kier alpha value is -2.08. The van der Waals surface area contributed by atoms with E-state index < -0.39 is 0 Å². The maximum absolute atomic E-state index is 12.6. The summed E-state index contributed by atoms with van der Waals surface area (Å²) in [4.78, 5) is 21.4. The summed E-state index contributed by atoms with van der Waals surface area (Å²) < 4.78 is 0. The number of amides is 1. The second-order valence-corrected chi connectivity index (χ2v) is 7.78.